The number of hydrogen-bond acceptors (Lipinski definition) is 4. The van der Waals surface area contributed by atoms with Gasteiger partial charge in [-0.15, -0.1) is 0 Å². The van der Waals surface area contributed by atoms with Gasteiger partial charge < -0.3 is 14.5 Å². The van der Waals surface area contributed by atoms with E-state index in [0.717, 1.165) is 22.3 Å². The number of halogens is 1. The molecule has 0 spiro atoms. The van der Waals surface area contributed by atoms with Crippen molar-refractivity contribution in [3.05, 3.63) is 69.7 Å². The Kier molecular flexibility index (Phi) is 7.80. The summed E-state index contributed by atoms with van der Waals surface area (Å²) >= 11 is 5.99. The molecule has 2 amide bonds. The number of likely N-dealkylation sites (tertiary alicyclic amines) is 1. The van der Waals surface area contributed by atoms with Crippen molar-refractivity contribution in [3.8, 4) is 0 Å². The number of carbonyl (C=O) groups is 3. The van der Waals surface area contributed by atoms with Crippen LogP contribution < -0.4 is 0 Å². The molecule has 0 bridgehead atoms. The van der Waals surface area contributed by atoms with E-state index in [4.69, 9.17) is 16.3 Å². The Morgan fingerprint density at radius 2 is 1.70 bits per heavy atom. The molecule has 1 saturated heterocycles. The molecule has 0 aliphatic carbocycles. The van der Waals surface area contributed by atoms with E-state index in [-0.39, 0.29) is 37.2 Å². The largest absolute Gasteiger partial charge is 0.469 e. The third-order valence-electron chi connectivity index (χ3n) is 6.20. The van der Waals surface area contributed by atoms with Gasteiger partial charge in [-0.05, 0) is 50.5 Å². The second kappa shape index (κ2) is 10.4. The number of esters is 1. The highest BCUT2D eigenvalue weighted by atomic mass is 35.5. The van der Waals surface area contributed by atoms with Crippen molar-refractivity contribution in [2.75, 3.05) is 20.2 Å². The molecular formula is C26H31ClN2O4. The second-order valence-corrected chi connectivity index (χ2v) is 9.36. The number of ether oxygens (including phenoxy) is 1. The van der Waals surface area contributed by atoms with Crippen LogP contribution in [0.3, 0.4) is 0 Å². The number of carbonyl (C=O) groups excluding carboxylic acids is 3. The van der Waals surface area contributed by atoms with E-state index in [9.17, 15) is 14.4 Å². The molecule has 1 fully saturated rings. The van der Waals surface area contributed by atoms with Crippen molar-refractivity contribution in [3.63, 3.8) is 0 Å². The minimum atomic E-state index is -0.932. The lowest BCUT2D eigenvalue weighted by molar-refractivity contribution is -0.164. The van der Waals surface area contributed by atoms with Gasteiger partial charge in [0.2, 0.25) is 11.8 Å². The number of benzene rings is 2. The summed E-state index contributed by atoms with van der Waals surface area (Å²) in [7, 11) is 1.33. The molecule has 1 unspecified atom stereocenters. The maximum absolute atomic E-state index is 13.6. The fourth-order valence-electron chi connectivity index (χ4n) is 4.35. The molecule has 0 saturated carbocycles. The summed E-state index contributed by atoms with van der Waals surface area (Å²) in [5.41, 5.74) is 3.13. The number of nitrogens with zero attached hydrogens (tertiary/aromatic N) is 2. The summed E-state index contributed by atoms with van der Waals surface area (Å²) < 4.78 is 4.76. The highest BCUT2D eigenvalue weighted by Gasteiger charge is 2.50. The lowest BCUT2D eigenvalue weighted by atomic mass is 9.84. The van der Waals surface area contributed by atoms with Gasteiger partial charge in [0.05, 0.1) is 20.0 Å². The van der Waals surface area contributed by atoms with Gasteiger partial charge >= 0.3 is 5.97 Å². The predicted octanol–water partition coefficient (Wildman–Crippen LogP) is 4.08. The van der Waals surface area contributed by atoms with Crippen molar-refractivity contribution >= 4 is 29.4 Å². The van der Waals surface area contributed by atoms with Gasteiger partial charge in [-0.3, -0.25) is 14.4 Å². The number of amides is 2. The van der Waals surface area contributed by atoms with Crippen LogP contribution in [0.2, 0.25) is 5.02 Å². The van der Waals surface area contributed by atoms with Crippen LogP contribution >= 0.6 is 11.6 Å². The van der Waals surface area contributed by atoms with Gasteiger partial charge in [-0.1, -0.05) is 53.1 Å². The van der Waals surface area contributed by atoms with E-state index in [2.05, 4.69) is 6.07 Å². The Hall–Kier alpha value is -2.86. The molecule has 7 heteroatoms. The SMILES string of the molecule is COC(=O)CCN(Cc1ccc(Cl)cc1)C(=O)C1(C)CCN1C(=O)Cc1cc(C)cc(C)c1. The van der Waals surface area contributed by atoms with E-state index in [0.29, 0.717) is 24.5 Å². The van der Waals surface area contributed by atoms with Crippen LogP contribution in [0, 0.1) is 13.8 Å². The van der Waals surface area contributed by atoms with E-state index in [1.54, 1.807) is 21.9 Å². The molecule has 0 aromatic heterocycles. The van der Waals surface area contributed by atoms with Gasteiger partial charge in [0, 0.05) is 24.7 Å². The van der Waals surface area contributed by atoms with Crippen molar-refractivity contribution in [2.45, 2.75) is 52.1 Å². The zero-order valence-electron chi connectivity index (χ0n) is 19.7. The quantitative estimate of drug-likeness (QED) is 0.545. The van der Waals surface area contributed by atoms with Crippen molar-refractivity contribution in [1.82, 2.24) is 9.80 Å². The average Bonchev–Trinajstić information content (AvgIpc) is 2.75. The molecule has 6 nitrogen and oxygen atoms in total. The smallest absolute Gasteiger partial charge is 0.307 e. The molecule has 1 heterocycles. The lowest BCUT2D eigenvalue weighted by Gasteiger charge is -2.51. The number of methoxy groups -OCH3 is 1. The first-order valence-corrected chi connectivity index (χ1v) is 11.5. The zero-order valence-corrected chi connectivity index (χ0v) is 20.4. The standard InChI is InChI=1S/C26H31ClN2O4/c1-18-13-19(2)15-21(14-18)16-23(30)29-12-10-26(29,3)25(32)28(11-9-24(31)33-4)17-20-5-7-22(27)8-6-20/h5-8,13-15H,9-12,16-17H2,1-4H3. The highest BCUT2D eigenvalue weighted by molar-refractivity contribution is 6.30. The Balaban J connectivity index is 1.76. The molecular weight excluding hydrogens is 440 g/mol. The lowest BCUT2D eigenvalue weighted by Crippen LogP contribution is -2.68. The van der Waals surface area contributed by atoms with Crippen molar-refractivity contribution in [2.24, 2.45) is 0 Å². The van der Waals surface area contributed by atoms with Crippen LogP contribution in [-0.2, 0) is 32.1 Å². The molecule has 1 atom stereocenters. The van der Waals surface area contributed by atoms with Gasteiger partial charge in [-0.2, -0.15) is 0 Å². The fraction of sp³-hybridized carbons (Fsp3) is 0.423. The first kappa shape index (κ1) is 24.8. The number of hydrogen-bond donors (Lipinski definition) is 0. The summed E-state index contributed by atoms with van der Waals surface area (Å²) in [6.07, 6.45) is 0.924. The minimum Gasteiger partial charge on any atom is -0.469 e. The molecule has 3 rings (SSSR count). The first-order chi connectivity index (χ1) is 15.6. The average molecular weight is 471 g/mol. The predicted molar refractivity (Wildman–Crippen MR) is 128 cm³/mol. The molecule has 33 heavy (non-hydrogen) atoms. The summed E-state index contributed by atoms with van der Waals surface area (Å²) in [4.78, 5) is 41.8. The first-order valence-electron chi connectivity index (χ1n) is 11.1. The summed E-state index contributed by atoms with van der Waals surface area (Å²) in [5.74, 6) is -0.617. The van der Waals surface area contributed by atoms with E-state index in [1.807, 2.05) is 45.0 Å². The maximum atomic E-state index is 13.6. The monoisotopic (exact) mass is 470 g/mol. The molecule has 1 aliphatic heterocycles. The van der Waals surface area contributed by atoms with Gasteiger partial charge in [-0.25, -0.2) is 0 Å². The Labute approximate surface area is 200 Å². The third kappa shape index (κ3) is 5.93. The Morgan fingerprint density at radius 1 is 1.06 bits per heavy atom. The van der Waals surface area contributed by atoms with Crippen LogP contribution in [0.25, 0.3) is 0 Å². The Morgan fingerprint density at radius 3 is 2.24 bits per heavy atom. The Bertz CT molecular complexity index is 1020. The van der Waals surface area contributed by atoms with Gasteiger partial charge in [0.25, 0.3) is 0 Å². The summed E-state index contributed by atoms with van der Waals surface area (Å²) in [6.45, 7) is 6.90. The normalized spacial score (nSPS) is 17.3. The van der Waals surface area contributed by atoms with Crippen LogP contribution in [0.15, 0.2) is 42.5 Å². The van der Waals surface area contributed by atoms with Crippen LogP contribution in [0.5, 0.6) is 0 Å². The number of rotatable bonds is 8. The minimum absolute atomic E-state index is 0.0680. The molecule has 176 valence electrons. The van der Waals surface area contributed by atoms with E-state index < -0.39 is 5.54 Å². The van der Waals surface area contributed by atoms with Crippen molar-refractivity contribution in [1.29, 1.82) is 0 Å². The molecule has 0 radical (unpaired) electrons. The summed E-state index contributed by atoms with van der Waals surface area (Å²) in [6, 6.07) is 13.3. The van der Waals surface area contributed by atoms with Crippen LogP contribution in [0.1, 0.15) is 42.0 Å². The van der Waals surface area contributed by atoms with Gasteiger partial charge in [0.1, 0.15) is 5.54 Å². The molecule has 1 aliphatic rings. The molecule has 2 aromatic carbocycles. The third-order valence-corrected chi connectivity index (χ3v) is 6.46. The number of aryl methyl sites for hydroxylation is 2. The molecule has 2 aromatic rings. The topological polar surface area (TPSA) is 66.9 Å². The van der Waals surface area contributed by atoms with Crippen LogP contribution in [0.4, 0.5) is 0 Å². The zero-order chi connectivity index (χ0) is 24.2. The fourth-order valence-corrected chi connectivity index (χ4v) is 4.48. The molecule has 0 N–H and O–H groups in total. The van der Waals surface area contributed by atoms with Crippen molar-refractivity contribution < 1.29 is 19.1 Å². The van der Waals surface area contributed by atoms with Gasteiger partial charge in [0.15, 0.2) is 0 Å². The highest BCUT2D eigenvalue weighted by Crippen LogP contribution is 2.34. The maximum Gasteiger partial charge on any atom is 0.307 e. The van der Waals surface area contributed by atoms with Crippen LogP contribution in [-0.4, -0.2) is 53.3 Å². The van der Waals surface area contributed by atoms with E-state index in [1.165, 1.54) is 7.11 Å². The second-order valence-electron chi connectivity index (χ2n) is 8.92. The summed E-state index contributed by atoms with van der Waals surface area (Å²) in [5, 5.41) is 0.611. The van der Waals surface area contributed by atoms with E-state index >= 15 is 0 Å².